The van der Waals surface area contributed by atoms with Gasteiger partial charge < -0.3 is 20.1 Å². The molecule has 0 aliphatic carbocycles. The van der Waals surface area contributed by atoms with Gasteiger partial charge in [-0.15, -0.1) is 0 Å². The lowest BCUT2D eigenvalue weighted by molar-refractivity contribution is -0.115. The normalized spacial score (nSPS) is 9.59. The summed E-state index contributed by atoms with van der Waals surface area (Å²) < 4.78 is 9.27. The highest BCUT2D eigenvalue weighted by Crippen LogP contribution is 2.23. The van der Waals surface area contributed by atoms with Crippen LogP contribution in [0, 0.1) is 13.8 Å². The monoisotopic (exact) mass is 468 g/mol. The summed E-state index contributed by atoms with van der Waals surface area (Å²) in [6.45, 7) is 9.99. The number of amides is 2. The van der Waals surface area contributed by atoms with Crippen LogP contribution in [0.3, 0.4) is 0 Å². The van der Waals surface area contributed by atoms with Crippen LogP contribution in [0.5, 0.6) is 0 Å². The van der Waals surface area contributed by atoms with Gasteiger partial charge in [-0.25, -0.2) is 9.59 Å². The van der Waals surface area contributed by atoms with E-state index in [9.17, 15) is 24.0 Å². The van der Waals surface area contributed by atoms with E-state index in [0.717, 1.165) is 11.1 Å². The van der Waals surface area contributed by atoms with E-state index in [-0.39, 0.29) is 17.4 Å². The van der Waals surface area contributed by atoms with Gasteiger partial charge in [0, 0.05) is 19.4 Å². The molecule has 0 bridgehead atoms. The summed E-state index contributed by atoms with van der Waals surface area (Å²) in [5.74, 6) is -1.62. The molecule has 2 aromatic carbocycles. The number of esters is 2. The van der Waals surface area contributed by atoms with Gasteiger partial charge in [0.1, 0.15) is 6.29 Å². The van der Waals surface area contributed by atoms with Crippen LogP contribution in [0.25, 0.3) is 6.08 Å². The van der Waals surface area contributed by atoms with E-state index in [4.69, 9.17) is 0 Å². The summed E-state index contributed by atoms with van der Waals surface area (Å²) in [5, 5.41) is 5.13. The molecular formula is C25H28N2O7. The molecule has 0 heterocycles. The van der Waals surface area contributed by atoms with Gasteiger partial charge in [-0.3, -0.25) is 14.4 Å². The first-order chi connectivity index (χ1) is 16.0. The summed E-state index contributed by atoms with van der Waals surface area (Å²) in [7, 11) is 2.54. The van der Waals surface area contributed by atoms with Crippen LogP contribution in [-0.4, -0.2) is 44.3 Å². The second kappa shape index (κ2) is 12.7. The fourth-order valence-electron chi connectivity index (χ4n) is 2.94. The van der Waals surface area contributed by atoms with Crippen LogP contribution in [0.15, 0.2) is 30.8 Å². The summed E-state index contributed by atoms with van der Waals surface area (Å²) >= 11 is 0. The van der Waals surface area contributed by atoms with E-state index < -0.39 is 11.9 Å². The maximum Gasteiger partial charge on any atom is 0.339 e. The lowest BCUT2D eigenvalue weighted by Gasteiger charge is -2.11. The number of nitrogens with one attached hydrogen (secondary N) is 2. The minimum atomic E-state index is -0.600. The number of rotatable bonds is 6. The smallest absolute Gasteiger partial charge is 0.339 e. The number of hydrogen-bond acceptors (Lipinski definition) is 7. The first kappa shape index (κ1) is 27.8. The summed E-state index contributed by atoms with van der Waals surface area (Å²) in [4.78, 5) is 55.9. The molecule has 9 nitrogen and oxygen atoms in total. The van der Waals surface area contributed by atoms with Crippen molar-refractivity contribution in [2.75, 3.05) is 24.9 Å². The van der Waals surface area contributed by atoms with Crippen LogP contribution in [0.1, 0.15) is 61.6 Å². The Morgan fingerprint density at radius 3 is 1.47 bits per heavy atom. The van der Waals surface area contributed by atoms with E-state index >= 15 is 0 Å². The Morgan fingerprint density at radius 1 is 0.765 bits per heavy atom. The molecule has 0 fully saturated rings. The Morgan fingerprint density at radius 2 is 1.15 bits per heavy atom. The van der Waals surface area contributed by atoms with Crippen LogP contribution >= 0.6 is 0 Å². The highest BCUT2D eigenvalue weighted by Gasteiger charge is 2.16. The van der Waals surface area contributed by atoms with Crippen molar-refractivity contribution in [3.8, 4) is 0 Å². The van der Waals surface area contributed by atoms with Gasteiger partial charge in [-0.1, -0.05) is 12.7 Å². The molecule has 2 rings (SSSR count). The molecule has 0 saturated carbocycles. The largest absolute Gasteiger partial charge is 0.465 e. The van der Waals surface area contributed by atoms with Crippen molar-refractivity contribution >= 4 is 47.5 Å². The Bertz CT molecular complexity index is 1050. The van der Waals surface area contributed by atoms with Crippen LogP contribution in [0.2, 0.25) is 0 Å². The van der Waals surface area contributed by atoms with Gasteiger partial charge in [0.2, 0.25) is 11.8 Å². The molecule has 0 spiro atoms. The van der Waals surface area contributed by atoms with Crippen molar-refractivity contribution in [1.29, 1.82) is 0 Å². The highest BCUT2D eigenvalue weighted by molar-refractivity contribution is 6.03. The highest BCUT2D eigenvalue weighted by atomic mass is 16.5. The number of aryl methyl sites for hydroxylation is 2. The third-order valence-corrected chi connectivity index (χ3v) is 4.59. The molecule has 0 radical (unpaired) electrons. The first-order valence-corrected chi connectivity index (χ1v) is 10.1. The van der Waals surface area contributed by atoms with Crippen LogP contribution in [-0.2, 0) is 19.1 Å². The number of methoxy groups -OCH3 is 2. The molecule has 2 aromatic rings. The average molecular weight is 469 g/mol. The second-order valence-corrected chi connectivity index (χ2v) is 7.18. The maximum absolute atomic E-state index is 11.6. The SMILES string of the molecule is C=Cc1cc(C(=O)OC)c(NC(C)=O)cc1C.COC(=O)c1cc(C=O)c(C)cc1NC(C)=O. The van der Waals surface area contributed by atoms with Gasteiger partial charge in [0.05, 0.1) is 36.7 Å². The van der Waals surface area contributed by atoms with Crippen molar-refractivity contribution in [3.05, 3.63) is 64.2 Å². The van der Waals surface area contributed by atoms with Crippen molar-refractivity contribution in [3.63, 3.8) is 0 Å². The topological polar surface area (TPSA) is 128 Å². The Labute approximate surface area is 198 Å². The molecule has 34 heavy (non-hydrogen) atoms. The number of aldehydes is 1. The summed E-state index contributed by atoms with van der Waals surface area (Å²) in [6.07, 6.45) is 2.30. The number of anilines is 2. The van der Waals surface area contributed by atoms with Gasteiger partial charge in [0.15, 0.2) is 0 Å². The minimum absolute atomic E-state index is 0.162. The summed E-state index contributed by atoms with van der Waals surface area (Å²) in [5.41, 5.74) is 4.10. The quantitative estimate of drug-likeness (QED) is 0.485. The van der Waals surface area contributed by atoms with Crippen LogP contribution in [0.4, 0.5) is 11.4 Å². The number of carbonyl (C=O) groups is 5. The third-order valence-electron chi connectivity index (χ3n) is 4.59. The van der Waals surface area contributed by atoms with E-state index in [1.54, 1.807) is 31.2 Å². The van der Waals surface area contributed by atoms with Crippen molar-refractivity contribution < 1.29 is 33.4 Å². The van der Waals surface area contributed by atoms with Gasteiger partial charge in [-0.05, 0) is 54.8 Å². The van der Waals surface area contributed by atoms with E-state index in [2.05, 4.69) is 26.7 Å². The second-order valence-electron chi connectivity index (χ2n) is 7.18. The molecule has 0 aliphatic heterocycles. The van der Waals surface area contributed by atoms with Gasteiger partial charge in [-0.2, -0.15) is 0 Å². The Balaban J connectivity index is 0.000000340. The predicted octanol–water partition coefficient (Wildman–Crippen LogP) is 3.94. The van der Waals surface area contributed by atoms with Crippen molar-refractivity contribution in [2.45, 2.75) is 27.7 Å². The van der Waals surface area contributed by atoms with E-state index in [1.165, 1.54) is 34.1 Å². The van der Waals surface area contributed by atoms with Gasteiger partial charge >= 0.3 is 11.9 Å². The summed E-state index contributed by atoms with van der Waals surface area (Å²) in [6, 6.07) is 6.35. The molecule has 9 heteroatoms. The third kappa shape index (κ3) is 7.40. The molecule has 2 amide bonds. The predicted molar refractivity (Wildman–Crippen MR) is 129 cm³/mol. The number of carbonyl (C=O) groups excluding carboxylic acids is 5. The molecule has 0 atom stereocenters. The number of ether oxygens (including phenoxy) is 2. The average Bonchev–Trinajstić information content (AvgIpc) is 2.78. The lowest BCUT2D eigenvalue weighted by Crippen LogP contribution is -2.13. The molecule has 0 saturated heterocycles. The fraction of sp³-hybridized carbons (Fsp3) is 0.240. The molecule has 2 N–H and O–H groups in total. The maximum atomic E-state index is 11.6. The Hall–Kier alpha value is -4.27. The zero-order valence-corrected chi connectivity index (χ0v) is 20.0. The van der Waals surface area contributed by atoms with Crippen molar-refractivity contribution in [2.24, 2.45) is 0 Å². The van der Waals surface area contributed by atoms with Crippen LogP contribution < -0.4 is 10.6 Å². The zero-order valence-electron chi connectivity index (χ0n) is 20.0. The molecule has 0 unspecified atom stereocenters. The lowest BCUT2D eigenvalue weighted by atomic mass is 10.0. The minimum Gasteiger partial charge on any atom is -0.465 e. The number of hydrogen-bond donors (Lipinski definition) is 2. The Kier molecular flexibility index (Phi) is 10.4. The fourth-order valence-corrected chi connectivity index (χ4v) is 2.94. The van der Waals surface area contributed by atoms with Crippen molar-refractivity contribution in [1.82, 2.24) is 0 Å². The molecular weight excluding hydrogens is 440 g/mol. The van der Waals surface area contributed by atoms with E-state index in [0.29, 0.717) is 34.4 Å². The first-order valence-electron chi connectivity index (χ1n) is 10.1. The van der Waals surface area contributed by atoms with E-state index in [1.807, 2.05) is 6.92 Å². The molecule has 0 aromatic heterocycles. The standard InChI is InChI=1S/C13H15NO3.C12H13NO4/c1-5-10-7-11(13(16)17-4)12(6-8(10)2)14-9(3)15;1-7-4-11(13-8(2)15)10(12(16)17-3)5-9(7)6-14/h5-7H,1H2,2-4H3,(H,14,15);4-6H,1-3H3,(H,13,15). The zero-order chi connectivity index (χ0) is 26.0. The number of benzene rings is 2. The molecule has 0 aliphatic rings. The molecule has 180 valence electrons. The van der Waals surface area contributed by atoms with Gasteiger partial charge in [0.25, 0.3) is 0 Å².